The summed E-state index contributed by atoms with van der Waals surface area (Å²) in [4.78, 5) is 10.1. The number of halogens is 1. The Kier molecular flexibility index (Phi) is 15.4. The molecular weight excluding hydrogens is 205 g/mol. The molecule has 10 heavy (non-hydrogen) atoms. The first-order chi connectivity index (χ1) is 3.66. The molecule has 0 bridgehead atoms. The van der Waals surface area contributed by atoms with Gasteiger partial charge < -0.3 is 17.1 Å². The van der Waals surface area contributed by atoms with Gasteiger partial charge in [-0.25, -0.2) is 0 Å². The van der Waals surface area contributed by atoms with Crippen LogP contribution in [-0.2, 0) is 29.0 Å². The molecule has 4 heteroatoms. The molecular formula is C6H11ClO2Zn. The average molecular weight is 216 g/mol. The van der Waals surface area contributed by atoms with Crippen LogP contribution < -0.4 is 12.4 Å². The van der Waals surface area contributed by atoms with Crippen molar-refractivity contribution in [2.45, 2.75) is 26.4 Å². The van der Waals surface area contributed by atoms with E-state index in [9.17, 15) is 4.79 Å². The predicted octanol–water partition coefficient (Wildman–Crippen LogP) is -1.84. The van der Waals surface area contributed by atoms with E-state index in [1.807, 2.05) is 13.8 Å². The molecule has 0 spiro atoms. The van der Waals surface area contributed by atoms with Crippen LogP contribution in [0.25, 0.3) is 0 Å². The van der Waals surface area contributed by atoms with Crippen LogP contribution in [0.15, 0.2) is 0 Å². The fraction of sp³-hybridized carbons (Fsp3) is 0.667. The summed E-state index contributed by atoms with van der Waals surface area (Å²) in [6.45, 7) is 6.85. The standard InChI is InChI=1S/C6H11O2.ClH.Zn/c1-4-5(2)8-6(3)7;;/h5H,3-4H2,1-2H3;1H;/q-1;;+2/p-1. The molecule has 0 aliphatic carbocycles. The van der Waals surface area contributed by atoms with Crippen LogP contribution in [0.3, 0.4) is 0 Å². The second-order valence-electron chi connectivity index (χ2n) is 1.71. The number of carbonyl (C=O) groups excluding carboxylic acids is 1. The molecule has 0 aliphatic rings. The minimum atomic E-state index is -0.445. The molecule has 0 rings (SSSR count). The third-order valence-electron chi connectivity index (χ3n) is 0.908. The van der Waals surface area contributed by atoms with Gasteiger partial charge in [0.2, 0.25) is 0 Å². The number of hydrogen-bond donors (Lipinski definition) is 0. The molecule has 2 nitrogen and oxygen atoms in total. The topological polar surface area (TPSA) is 26.3 Å². The molecule has 0 fully saturated rings. The van der Waals surface area contributed by atoms with E-state index in [2.05, 4.69) is 11.7 Å². The largest absolute Gasteiger partial charge is 2.00 e. The maximum absolute atomic E-state index is 10.1. The monoisotopic (exact) mass is 214 g/mol. The van der Waals surface area contributed by atoms with Gasteiger partial charge in [-0.1, -0.05) is 6.92 Å². The van der Waals surface area contributed by atoms with Gasteiger partial charge in [-0.15, -0.1) is 0 Å². The van der Waals surface area contributed by atoms with Gasteiger partial charge in [0, 0.05) is 0 Å². The van der Waals surface area contributed by atoms with Crippen molar-refractivity contribution in [2.24, 2.45) is 0 Å². The van der Waals surface area contributed by atoms with E-state index in [-0.39, 0.29) is 38.0 Å². The molecule has 0 aromatic carbocycles. The van der Waals surface area contributed by atoms with Crippen molar-refractivity contribution in [1.82, 2.24) is 0 Å². The number of esters is 1. The third-order valence-corrected chi connectivity index (χ3v) is 0.908. The summed E-state index contributed by atoms with van der Waals surface area (Å²) in [6, 6.07) is 0. The summed E-state index contributed by atoms with van der Waals surface area (Å²) >= 11 is 0. The van der Waals surface area contributed by atoms with Gasteiger partial charge in [-0.05, 0) is 13.3 Å². The minimum Gasteiger partial charge on any atom is -1.00 e. The zero-order valence-electron chi connectivity index (χ0n) is 6.39. The Labute approximate surface area is 80.9 Å². The van der Waals surface area contributed by atoms with E-state index < -0.39 is 5.97 Å². The maximum Gasteiger partial charge on any atom is 2.00 e. The van der Waals surface area contributed by atoms with Gasteiger partial charge in [-0.2, -0.15) is 0 Å². The first-order valence-corrected chi connectivity index (χ1v) is 2.69. The Morgan fingerprint density at radius 2 is 2.10 bits per heavy atom. The first kappa shape index (κ1) is 16.7. The predicted molar refractivity (Wildman–Crippen MR) is 31.2 cm³/mol. The normalized spacial score (nSPS) is 10.2. The smallest absolute Gasteiger partial charge is 1.00 e. The molecule has 0 aliphatic heterocycles. The zero-order valence-corrected chi connectivity index (χ0v) is 10.1. The molecule has 0 heterocycles. The minimum absolute atomic E-state index is 0. The van der Waals surface area contributed by atoms with Crippen LogP contribution in [0.4, 0.5) is 0 Å². The number of rotatable bonds is 2. The van der Waals surface area contributed by atoms with Crippen LogP contribution in [0.1, 0.15) is 20.3 Å². The molecule has 0 aromatic rings. The molecule has 0 saturated heterocycles. The van der Waals surface area contributed by atoms with Gasteiger partial charge in [0.1, 0.15) is 0 Å². The van der Waals surface area contributed by atoms with Crippen molar-refractivity contribution in [3.8, 4) is 0 Å². The third kappa shape index (κ3) is 11.1. The van der Waals surface area contributed by atoms with E-state index >= 15 is 0 Å². The van der Waals surface area contributed by atoms with Crippen molar-refractivity contribution >= 4 is 5.97 Å². The van der Waals surface area contributed by atoms with Gasteiger partial charge in [0.15, 0.2) is 5.97 Å². The van der Waals surface area contributed by atoms with Gasteiger partial charge in [0.05, 0.1) is 6.10 Å². The van der Waals surface area contributed by atoms with Crippen molar-refractivity contribution in [3.05, 3.63) is 6.92 Å². The molecule has 1 unspecified atom stereocenters. The SMILES string of the molecule is [CH2-]C(=O)OC(C)CC.[Cl-].[Zn+2]. The van der Waals surface area contributed by atoms with Crippen molar-refractivity contribution in [3.63, 3.8) is 0 Å². The maximum atomic E-state index is 10.1. The summed E-state index contributed by atoms with van der Waals surface area (Å²) < 4.78 is 4.65. The zero-order chi connectivity index (χ0) is 6.57. The molecule has 0 amide bonds. The van der Waals surface area contributed by atoms with Crippen molar-refractivity contribution in [1.29, 1.82) is 0 Å². The molecule has 1 atom stereocenters. The van der Waals surface area contributed by atoms with Crippen LogP contribution in [-0.4, -0.2) is 12.1 Å². The van der Waals surface area contributed by atoms with E-state index in [1.165, 1.54) is 0 Å². The fourth-order valence-corrected chi connectivity index (χ4v) is 0.308. The Hall–Kier alpha value is 0.253. The summed E-state index contributed by atoms with van der Waals surface area (Å²) in [5, 5.41) is 0. The molecule has 0 N–H and O–H groups in total. The van der Waals surface area contributed by atoms with Crippen molar-refractivity contribution < 1.29 is 41.4 Å². The number of carbonyl (C=O) groups is 1. The van der Waals surface area contributed by atoms with Gasteiger partial charge in [-0.3, -0.25) is 11.7 Å². The summed E-state index contributed by atoms with van der Waals surface area (Å²) in [6.07, 6.45) is 0.862. The Morgan fingerprint density at radius 3 is 2.20 bits per heavy atom. The van der Waals surface area contributed by atoms with Gasteiger partial charge >= 0.3 is 19.5 Å². The number of hydrogen-bond acceptors (Lipinski definition) is 2. The Balaban J connectivity index is -0.000000245. The van der Waals surface area contributed by atoms with Gasteiger partial charge in [0.25, 0.3) is 0 Å². The molecule has 56 valence electrons. The Bertz CT molecular complexity index is 87.8. The van der Waals surface area contributed by atoms with Crippen LogP contribution in [0.2, 0.25) is 0 Å². The summed E-state index contributed by atoms with van der Waals surface area (Å²) in [7, 11) is 0. The van der Waals surface area contributed by atoms with Crippen molar-refractivity contribution in [2.75, 3.05) is 0 Å². The fourth-order valence-electron chi connectivity index (χ4n) is 0.308. The molecule has 0 radical (unpaired) electrons. The molecule has 0 aromatic heterocycles. The Morgan fingerprint density at radius 1 is 1.70 bits per heavy atom. The van der Waals surface area contributed by atoms with E-state index in [1.54, 1.807) is 0 Å². The van der Waals surface area contributed by atoms with E-state index in [4.69, 9.17) is 0 Å². The van der Waals surface area contributed by atoms with E-state index in [0.29, 0.717) is 0 Å². The van der Waals surface area contributed by atoms with Crippen LogP contribution in [0.5, 0.6) is 0 Å². The van der Waals surface area contributed by atoms with E-state index in [0.717, 1.165) is 6.42 Å². The van der Waals surface area contributed by atoms with Crippen LogP contribution in [0, 0.1) is 6.92 Å². The molecule has 0 saturated carbocycles. The first-order valence-electron chi connectivity index (χ1n) is 2.69. The summed E-state index contributed by atoms with van der Waals surface area (Å²) in [5.74, 6) is -0.445. The second-order valence-corrected chi connectivity index (χ2v) is 1.71. The summed E-state index contributed by atoms with van der Waals surface area (Å²) in [5.41, 5.74) is 0. The number of ether oxygens (including phenoxy) is 1. The quantitative estimate of drug-likeness (QED) is 0.308. The average Bonchev–Trinajstić information content (AvgIpc) is 1.65. The second kappa shape index (κ2) is 9.25. The van der Waals surface area contributed by atoms with Crippen LogP contribution >= 0.6 is 0 Å².